The zero-order valence-electron chi connectivity index (χ0n) is 10.8. The zero-order valence-corrected chi connectivity index (χ0v) is 11.7. The number of hydrogen-bond acceptors (Lipinski definition) is 2. The Morgan fingerprint density at radius 3 is 2.63 bits per heavy atom. The summed E-state index contributed by atoms with van der Waals surface area (Å²) in [6.07, 6.45) is 5.08. The molecule has 96 valence electrons. The fraction of sp³-hybridized carbons (Fsp3) is 0.125. The van der Waals surface area contributed by atoms with Crippen molar-refractivity contribution in [1.82, 2.24) is 0 Å². The van der Waals surface area contributed by atoms with Crippen molar-refractivity contribution in [1.29, 1.82) is 0 Å². The summed E-state index contributed by atoms with van der Waals surface area (Å²) in [6, 6.07) is 16.8. The summed E-state index contributed by atoms with van der Waals surface area (Å²) in [5.74, 6) is 0.623. The van der Waals surface area contributed by atoms with E-state index in [-0.39, 0.29) is 0 Å². The van der Waals surface area contributed by atoms with Crippen molar-refractivity contribution in [2.24, 2.45) is 0 Å². The Morgan fingerprint density at radius 2 is 1.89 bits per heavy atom. The lowest BCUT2D eigenvalue weighted by Crippen LogP contribution is -2.00. The summed E-state index contributed by atoms with van der Waals surface area (Å²) < 4.78 is 17.6. The van der Waals surface area contributed by atoms with E-state index >= 15 is 0 Å². The Hall–Kier alpha value is -1.92. The average molecular weight is 271 g/mol. The third-order valence-electron chi connectivity index (χ3n) is 2.56. The molecule has 0 saturated heterocycles. The molecule has 1 unspecified atom stereocenters. The maximum Gasteiger partial charge on any atom is 0.597 e. The van der Waals surface area contributed by atoms with Crippen LogP contribution in [-0.2, 0) is 4.57 Å². The van der Waals surface area contributed by atoms with Gasteiger partial charge >= 0.3 is 8.03 Å². The average Bonchev–Trinajstić information content (AvgIpc) is 2.46. The first-order chi connectivity index (χ1) is 9.29. The van der Waals surface area contributed by atoms with Gasteiger partial charge in [-0.05, 0) is 34.7 Å². The van der Waals surface area contributed by atoms with E-state index in [9.17, 15) is 4.57 Å². The van der Waals surface area contributed by atoms with Gasteiger partial charge in [-0.15, -0.1) is 0 Å². The molecule has 0 aromatic heterocycles. The van der Waals surface area contributed by atoms with Crippen LogP contribution in [0.2, 0.25) is 0 Å². The lowest BCUT2D eigenvalue weighted by atomic mass is 10.2. The molecule has 0 heterocycles. The third kappa shape index (κ3) is 4.04. The summed E-state index contributed by atoms with van der Waals surface area (Å²) in [7, 11) is -1.87. The van der Waals surface area contributed by atoms with E-state index in [1.807, 2.05) is 48.5 Å². The number of benzene rings is 2. The molecule has 2 rings (SSSR count). The highest BCUT2D eigenvalue weighted by Crippen LogP contribution is 2.26. The Labute approximate surface area is 114 Å². The first kappa shape index (κ1) is 13.5. The van der Waals surface area contributed by atoms with Gasteiger partial charge in [0, 0.05) is 6.07 Å². The van der Waals surface area contributed by atoms with Gasteiger partial charge in [0.1, 0.15) is 0 Å². The predicted octanol–water partition coefficient (Wildman–Crippen LogP) is 4.56. The highest BCUT2D eigenvalue weighted by molar-refractivity contribution is 7.48. The number of hydrogen-bond donors (Lipinski definition) is 0. The molecule has 0 radical (unpaired) electrons. The normalized spacial score (nSPS) is 11.5. The summed E-state index contributed by atoms with van der Waals surface area (Å²) >= 11 is 0. The van der Waals surface area contributed by atoms with Crippen LogP contribution in [0.4, 0.5) is 0 Å². The van der Waals surface area contributed by atoms with Crippen LogP contribution in [0.3, 0.4) is 0 Å². The monoisotopic (exact) mass is 271 g/mol. The summed E-state index contributed by atoms with van der Waals surface area (Å²) in [5.41, 5.74) is 1.04. The van der Waals surface area contributed by atoms with Gasteiger partial charge in [0.2, 0.25) is 5.30 Å². The van der Waals surface area contributed by atoms with Gasteiger partial charge in [-0.2, -0.15) is 0 Å². The molecule has 1 atom stereocenters. The van der Waals surface area contributed by atoms with Gasteiger partial charge in [0.25, 0.3) is 0 Å². The van der Waals surface area contributed by atoms with Crippen LogP contribution in [0.1, 0.15) is 18.9 Å². The Morgan fingerprint density at radius 1 is 1.11 bits per heavy atom. The maximum absolute atomic E-state index is 12.1. The lowest BCUT2D eigenvalue weighted by molar-refractivity contribution is 0.514. The predicted molar refractivity (Wildman–Crippen MR) is 80.1 cm³/mol. The van der Waals surface area contributed by atoms with Crippen LogP contribution in [0.5, 0.6) is 5.75 Å². The van der Waals surface area contributed by atoms with Crippen LogP contribution in [0, 0.1) is 0 Å². The van der Waals surface area contributed by atoms with E-state index in [1.165, 1.54) is 0 Å². The highest BCUT2D eigenvalue weighted by Gasteiger charge is 2.23. The number of allylic oxidation sites excluding steroid dienone is 1. The molecule has 0 aliphatic carbocycles. The van der Waals surface area contributed by atoms with Gasteiger partial charge in [-0.1, -0.05) is 49.4 Å². The fourth-order valence-electron chi connectivity index (χ4n) is 1.63. The minimum atomic E-state index is -1.87. The van der Waals surface area contributed by atoms with Crippen LogP contribution in [0.25, 0.3) is 6.08 Å². The lowest BCUT2D eigenvalue weighted by Gasteiger charge is -1.94. The second-order valence-corrected chi connectivity index (χ2v) is 5.28. The van der Waals surface area contributed by atoms with Gasteiger partial charge < -0.3 is 0 Å². The van der Waals surface area contributed by atoms with E-state index < -0.39 is 8.03 Å². The molecule has 0 N–H and O–H groups in total. The third-order valence-corrected chi connectivity index (χ3v) is 3.64. The first-order valence-corrected chi connectivity index (χ1v) is 7.44. The Kier molecular flexibility index (Phi) is 4.88. The molecule has 0 fully saturated rings. The van der Waals surface area contributed by atoms with Crippen LogP contribution in [-0.4, -0.2) is 0 Å². The van der Waals surface area contributed by atoms with E-state index in [2.05, 4.69) is 13.0 Å². The zero-order chi connectivity index (χ0) is 13.5. The molecule has 0 aliphatic heterocycles. The smallest absolute Gasteiger partial charge is 0.250 e. The SMILES string of the molecule is CCC=Cc1cccc([P+](=O)Oc2ccccc2)c1. The standard InChI is InChI=1S/C16H16O2P/c1-2-3-8-14-9-7-12-16(13-14)19(17)18-15-10-5-4-6-11-15/h3-13H,2H2,1H3/q+1. The quantitative estimate of drug-likeness (QED) is 0.745. The van der Waals surface area contributed by atoms with Gasteiger partial charge in [-0.25, -0.2) is 0 Å². The van der Waals surface area contributed by atoms with E-state index in [0.717, 1.165) is 12.0 Å². The van der Waals surface area contributed by atoms with Crippen molar-refractivity contribution in [2.45, 2.75) is 13.3 Å². The largest absolute Gasteiger partial charge is 0.597 e. The van der Waals surface area contributed by atoms with Crippen molar-refractivity contribution in [3.63, 3.8) is 0 Å². The molecule has 0 aliphatic rings. The molecule has 3 heteroatoms. The van der Waals surface area contributed by atoms with Gasteiger partial charge in [-0.3, -0.25) is 4.52 Å². The minimum absolute atomic E-state index is 0.623. The van der Waals surface area contributed by atoms with Gasteiger partial charge in [0.05, 0.1) is 0 Å². The van der Waals surface area contributed by atoms with E-state index in [1.54, 1.807) is 12.1 Å². The Balaban J connectivity index is 2.13. The summed E-state index contributed by atoms with van der Waals surface area (Å²) in [4.78, 5) is 0. The number of para-hydroxylation sites is 1. The first-order valence-electron chi connectivity index (χ1n) is 6.26. The Bertz CT molecular complexity index is 576. The van der Waals surface area contributed by atoms with Crippen molar-refractivity contribution in [3.8, 4) is 5.75 Å². The van der Waals surface area contributed by atoms with E-state index in [0.29, 0.717) is 11.1 Å². The molecule has 2 aromatic carbocycles. The molecule has 0 spiro atoms. The van der Waals surface area contributed by atoms with Crippen molar-refractivity contribution >= 4 is 19.4 Å². The van der Waals surface area contributed by atoms with Crippen LogP contribution in [0.15, 0.2) is 60.7 Å². The molecule has 0 amide bonds. The molecule has 0 saturated carbocycles. The van der Waals surface area contributed by atoms with Gasteiger partial charge in [0.15, 0.2) is 5.75 Å². The molecular formula is C16H16O2P+. The van der Waals surface area contributed by atoms with Crippen molar-refractivity contribution in [3.05, 3.63) is 66.2 Å². The number of rotatable bonds is 5. The van der Waals surface area contributed by atoms with Crippen LogP contribution < -0.4 is 9.83 Å². The second kappa shape index (κ2) is 6.86. The van der Waals surface area contributed by atoms with Crippen molar-refractivity contribution < 1.29 is 9.09 Å². The molecule has 19 heavy (non-hydrogen) atoms. The second-order valence-electron chi connectivity index (χ2n) is 4.07. The molecule has 0 bridgehead atoms. The summed E-state index contributed by atoms with van der Waals surface area (Å²) in [6.45, 7) is 2.08. The minimum Gasteiger partial charge on any atom is -0.250 e. The molecule has 2 aromatic rings. The van der Waals surface area contributed by atoms with Crippen molar-refractivity contribution in [2.75, 3.05) is 0 Å². The molecular weight excluding hydrogens is 255 g/mol. The van der Waals surface area contributed by atoms with Crippen LogP contribution >= 0.6 is 8.03 Å². The highest BCUT2D eigenvalue weighted by atomic mass is 31.1. The molecule has 2 nitrogen and oxygen atoms in total. The van der Waals surface area contributed by atoms with E-state index in [4.69, 9.17) is 4.52 Å². The fourth-order valence-corrected chi connectivity index (χ4v) is 2.51. The maximum atomic E-state index is 12.1. The summed E-state index contributed by atoms with van der Waals surface area (Å²) in [5, 5.41) is 0.706. The topological polar surface area (TPSA) is 26.3 Å².